The van der Waals surface area contributed by atoms with Crippen molar-refractivity contribution >= 4 is 16.9 Å². The molecule has 0 bridgehead atoms. The fourth-order valence-electron chi connectivity index (χ4n) is 2.33. The Bertz CT molecular complexity index is 940. The maximum absolute atomic E-state index is 11.7. The molecule has 0 aliphatic heterocycles. The van der Waals surface area contributed by atoms with Gasteiger partial charge >= 0.3 is 11.6 Å². The predicted octanol–water partition coefficient (Wildman–Crippen LogP) is 1.57. The summed E-state index contributed by atoms with van der Waals surface area (Å²) in [6.07, 6.45) is 5.13. The van der Waals surface area contributed by atoms with Crippen molar-refractivity contribution < 1.29 is 19.1 Å². The number of carbonyl (C=O) groups is 1. The van der Waals surface area contributed by atoms with Gasteiger partial charge in [-0.05, 0) is 36.4 Å². The number of benzene rings is 1. The molecular weight excluding hydrogens is 312 g/mol. The normalized spacial score (nSPS) is 19.1. The first-order valence-corrected chi connectivity index (χ1v) is 7.24. The summed E-state index contributed by atoms with van der Waals surface area (Å²) in [5.41, 5.74) is 9.80. The van der Waals surface area contributed by atoms with Gasteiger partial charge in [0.2, 0.25) is 0 Å². The van der Waals surface area contributed by atoms with E-state index in [0.29, 0.717) is 16.9 Å². The molecule has 7 nitrogen and oxygen atoms in total. The molecular formula is C17H16N2O5. The summed E-state index contributed by atoms with van der Waals surface area (Å²) in [4.78, 5) is 22.6. The van der Waals surface area contributed by atoms with Crippen LogP contribution in [-0.2, 0) is 0 Å². The minimum absolute atomic E-state index is 0.117. The first-order valence-electron chi connectivity index (χ1n) is 7.24. The molecule has 5 N–H and O–H groups in total. The van der Waals surface area contributed by atoms with E-state index in [-0.39, 0.29) is 11.5 Å². The summed E-state index contributed by atoms with van der Waals surface area (Å²) in [5, 5.41) is 9.43. The highest BCUT2D eigenvalue weighted by Gasteiger charge is 2.26. The number of nitrogens with two attached hydrogens (primary N) is 2. The molecule has 0 saturated heterocycles. The summed E-state index contributed by atoms with van der Waals surface area (Å²) in [6, 6.07) is 6.06. The van der Waals surface area contributed by atoms with E-state index in [4.69, 9.17) is 25.7 Å². The highest BCUT2D eigenvalue weighted by molar-refractivity contribution is 5.91. The maximum atomic E-state index is 11.7. The molecule has 1 aliphatic rings. The van der Waals surface area contributed by atoms with E-state index in [1.165, 1.54) is 12.1 Å². The maximum Gasteiger partial charge on any atom is 0.351 e. The molecule has 2 aromatic rings. The summed E-state index contributed by atoms with van der Waals surface area (Å²) in [6.45, 7) is 1.87. The minimum atomic E-state index is -1.33. The largest absolute Gasteiger partial charge is 0.477 e. The van der Waals surface area contributed by atoms with E-state index < -0.39 is 22.8 Å². The molecule has 24 heavy (non-hydrogen) atoms. The predicted molar refractivity (Wildman–Crippen MR) is 87.6 cm³/mol. The first kappa shape index (κ1) is 16.0. The van der Waals surface area contributed by atoms with Gasteiger partial charge in [-0.2, -0.15) is 0 Å². The monoisotopic (exact) mass is 328 g/mol. The van der Waals surface area contributed by atoms with Crippen molar-refractivity contribution in [2.24, 2.45) is 17.4 Å². The van der Waals surface area contributed by atoms with Crippen LogP contribution < -0.4 is 21.8 Å². The summed E-state index contributed by atoms with van der Waals surface area (Å²) < 4.78 is 10.8. The Morgan fingerprint density at radius 1 is 1.33 bits per heavy atom. The van der Waals surface area contributed by atoms with E-state index >= 15 is 0 Å². The standard InChI is InChI=1S/C17H16N2O5/c1-9-6-12(4-5-17(9,18)19)23-11-3-2-10-7-13(15(20)21)16(22)24-14(10)8-11/h2-9H,18-19H2,1H3,(H,20,21). The molecule has 1 aliphatic carbocycles. The molecule has 1 atom stereocenters. The van der Waals surface area contributed by atoms with Crippen LogP contribution in [0.5, 0.6) is 5.75 Å². The third-order valence-corrected chi connectivity index (χ3v) is 3.91. The SMILES string of the molecule is CC1C=C(Oc2ccc3cc(C(=O)O)c(=O)oc3c2)C=CC1(N)N. The van der Waals surface area contributed by atoms with E-state index in [1.807, 2.05) is 6.92 Å². The average Bonchev–Trinajstić information content (AvgIpc) is 2.50. The van der Waals surface area contributed by atoms with Crippen LogP contribution in [0.25, 0.3) is 11.0 Å². The van der Waals surface area contributed by atoms with Gasteiger partial charge in [0.1, 0.15) is 22.7 Å². The van der Waals surface area contributed by atoms with Crippen LogP contribution in [-0.4, -0.2) is 16.7 Å². The number of carboxylic acid groups (broad SMARTS) is 1. The molecule has 0 radical (unpaired) electrons. The topological polar surface area (TPSA) is 129 Å². The van der Waals surface area contributed by atoms with Crippen LogP contribution in [0.1, 0.15) is 17.3 Å². The van der Waals surface area contributed by atoms with Crippen molar-refractivity contribution in [3.05, 3.63) is 64.2 Å². The molecule has 1 aromatic heterocycles. The van der Waals surface area contributed by atoms with E-state index in [1.54, 1.807) is 30.4 Å². The van der Waals surface area contributed by atoms with Gasteiger partial charge in [0, 0.05) is 17.4 Å². The number of carboxylic acids is 1. The van der Waals surface area contributed by atoms with E-state index in [2.05, 4.69) is 0 Å². The molecule has 0 saturated carbocycles. The van der Waals surface area contributed by atoms with E-state index in [0.717, 1.165) is 0 Å². The Kier molecular flexibility index (Phi) is 3.75. The molecule has 0 fully saturated rings. The van der Waals surface area contributed by atoms with Gasteiger partial charge in [0.05, 0.1) is 5.66 Å². The minimum Gasteiger partial charge on any atom is -0.477 e. The van der Waals surface area contributed by atoms with Gasteiger partial charge in [-0.25, -0.2) is 9.59 Å². The second kappa shape index (κ2) is 5.63. The highest BCUT2D eigenvalue weighted by atomic mass is 16.5. The van der Waals surface area contributed by atoms with Crippen molar-refractivity contribution in [2.75, 3.05) is 0 Å². The Balaban J connectivity index is 1.92. The van der Waals surface area contributed by atoms with Gasteiger partial charge in [-0.15, -0.1) is 0 Å². The van der Waals surface area contributed by atoms with Crippen molar-refractivity contribution in [1.29, 1.82) is 0 Å². The number of allylic oxidation sites excluding steroid dienone is 1. The molecule has 124 valence electrons. The summed E-state index contributed by atoms with van der Waals surface area (Å²) >= 11 is 0. The Morgan fingerprint density at radius 2 is 2.08 bits per heavy atom. The van der Waals surface area contributed by atoms with Crippen molar-refractivity contribution in [3.8, 4) is 5.75 Å². The number of rotatable bonds is 3. The van der Waals surface area contributed by atoms with Crippen LogP contribution in [0.3, 0.4) is 0 Å². The molecule has 0 spiro atoms. The lowest BCUT2D eigenvalue weighted by molar-refractivity contribution is 0.0692. The molecule has 7 heteroatoms. The van der Waals surface area contributed by atoms with Crippen LogP contribution in [0.15, 0.2) is 57.5 Å². The lowest BCUT2D eigenvalue weighted by Gasteiger charge is -2.29. The molecule has 1 aromatic carbocycles. The average molecular weight is 328 g/mol. The van der Waals surface area contributed by atoms with Gasteiger partial charge in [0.25, 0.3) is 0 Å². The number of aromatic carboxylic acids is 1. The number of hydrogen-bond donors (Lipinski definition) is 3. The Hall–Kier alpha value is -2.90. The smallest absolute Gasteiger partial charge is 0.351 e. The van der Waals surface area contributed by atoms with Crippen molar-refractivity contribution in [3.63, 3.8) is 0 Å². The Morgan fingerprint density at radius 3 is 2.75 bits per heavy atom. The Labute approximate surface area is 136 Å². The van der Waals surface area contributed by atoms with Crippen LogP contribution in [0.2, 0.25) is 0 Å². The third-order valence-electron chi connectivity index (χ3n) is 3.91. The molecule has 1 heterocycles. The molecule has 0 amide bonds. The second-order valence-corrected chi connectivity index (χ2v) is 5.75. The highest BCUT2D eigenvalue weighted by Crippen LogP contribution is 2.26. The zero-order valence-electron chi connectivity index (χ0n) is 12.9. The van der Waals surface area contributed by atoms with Gasteiger partial charge in [0.15, 0.2) is 0 Å². The van der Waals surface area contributed by atoms with Crippen LogP contribution in [0, 0.1) is 5.92 Å². The van der Waals surface area contributed by atoms with Crippen LogP contribution in [0.4, 0.5) is 0 Å². The zero-order valence-corrected chi connectivity index (χ0v) is 12.9. The first-order chi connectivity index (χ1) is 11.3. The van der Waals surface area contributed by atoms with Crippen LogP contribution >= 0.6 is 0 Å². The lowest BCUT2D eigenvalue weighted by atomic mass is 9.91. The third kappa shape index (κ3) is 2.94. The van der Waals surface area contributed by atoms with Gasteiger partial charge in [-0.1, -0.05) is 6.92 Å². The quantitative estimate of drug-likeness (QED) is 0.576. The number of hydrogen-bond acceptors (Lipinski definition) is 6. The second-order valence-electron chi connectivity index (χ2n) is 5.75. The fraction of sp³-hybridized carbons (Fsp3) is 0.176. The fourth-order valence-corrected chi connectivity index (χ4v) is 2.33. The van der Waals surface area contributed by atoms with Crippen molar-refractivity contribution in [2.45, 2.75) is 12.6 Å². The molecule has 1 unspecified atom stereocenters. The van der Waals surface area contributed by atoms with Gasteiger partial charge < -0.3 is 25.7 Å². The van der Waals surface area contributed by atoms with E-state index in [9.17, 15) is 9.59 Å². The zero-order chi connectivity index (χ0) is 17.5. The van der Waals surface area contributed by atoms with Gasteiger partial charge in [-0.3, -0.25) is 0 Å². The lowest BCUT2D eigenvalue weighted by Crippen LogP contribution is -2.53. The summed E-state index contributed by atoms with van der Waals surface area (Å²) in [5.74, 6) is -0.435. The van der Waals surface area contributed by atoms with Crippen molar-refractivity contribution in [1.82, 2.24) is 0 Å². The summed E-state index contributed by atoms with van der Waals surface area (Å²) in [7, 11) is 0. The molecule has 3 rings (SSSR count). The number of fused-ring (bicyclic) bond motifs is 1. The number of ether oxygens (including phenoxy) is 1.